The van der Waals surface area contributed by atoms with Gasteiger partial charge in [-0.15, -0.1) is 0 Å². The molecule has 3 rings (SSSR count). The average molecular weight is 256 g/mol. The standard InChI is InChI=1S/C13H12N4S/c1-9-14-7-6-10(16-9)8-15-13-11-4-2-3-5-12(11)17-18-13/h2-7,15H,8H2,1H3. The summed E-state index contributed by atoms with van der Waals surface area (Å²) in [5.74, 6) is 0.795. The first-order chi connectivity index (χ1) is 8.83. The van der Waals surface area contributed by atoms with Crippen LogP contribution in [0.4, 0.5) is 5.00 Å². The van der Waals surface area contributed by atoms with Crippen LogP contribution in [-0.4, -0.2) is 14.3 Å². The van der Waals surface area contributed by atoms with Crippen molar-refractivity contribution < 1.29 is 0 Å². The van der Waals surface area contributed by atoms with Crippen LogP contribution in [0.15, 0.2) is 36.5 Å². The van der Waals surface area contributed by atoms with Crippen LogP contribution in [0.1, 0.15) is 11.5 Å². The quantitative estimate of drug-likeness (QED) is 0.782. The van der Waals surface area contributed by atoms with Crippen molar-refractivity contribution in [3.8, 4) is 0 Å². The first-order valence-corrected chi connectivity index (χ1v) is 6.47. The Bertz CT molecular complexity index is 677. The Morgan fingerprint density at radius 2 is 2.11 bits per heavy atom. The minimum Gasteiger partial charge on any atom is -0.369 e. The second-order valence-corrected chi connectivity index (χ2v) is 4.75. The number of anilines is 1. The predicted molar refractivity (Wildman–Crippen MR) is 73.7 cm³/mol. The molecule has 0 bridgehead atoms. The van der Waals surface area contributed by atoms with Gasteiger partial charge in [-0.3, -0.25) is 0 Å². The summed E-state index contributed by atoms with van der Waals surface area (Å²) in [5, 5.41) is 5.62. The molecule has 2 heterocycles. The van der Waals surface area contributed by atoms with Crippen LogP contribution in [-0.2, 0) is 6.54 Å². The molecule has 0 aliphatic heterocycles. The van der Waals surface area contributed by atoms with Crippen molar-refractivity contribution in [2.75, 3.05) is 5.32 Å². The van der Waals surface area contributed by atoms with Gasteiger partial charge in [0.25, 0.3) is 0 Å². The highest BCUT2D eigenvalue weighted by molar-refractivity contribution is 7.11. The van der Waals surface area contributed by atoms with E-state index in [1.54, 1.807) is 6.20 Å². The van der Waals surface area contributed by atoms with Crippen LogP contribution in [0.25, 0.3) is 10.9 Å². The van der Waals surface area contributed by atoms with Crippen LogP contribution in [0.2, 0.25) is 0 Å². The third-order valence-electron chi connectivity index (χ3n) is 2.65. The monoisotopic (exact) mass is 256 g/mol. The molecule has 90 valence electrons. The predicted octanol–water partition coefficient (Wildman–Crippen LogP) is 3.01. The molecule has 0 aliphatic carbocycles. The first kappa shape index (κ1) is 11.1. The van der Waals surface area contributed by atoms with E-state index in [0.29, 0.717) is 6.54 Å². The summed E-state index contributed by atoms with van der Waals surface area (Å²) in [6.07, 6.45) is 1.78. The molecule has 0 spiro atoms. The Morgan fingerprint density at radius 1 is 1.22 bits per heavy atom. The SMILES string of the molecule is Cc1nccc(CNc2snc3ccccc23)n1. The fourth-order valence-electron chi connectivity index (χ4n) is 1.79. The molecule has 0 saturated carbocycles. The van der Waals surface area contributed by atoms with E-state index in [0.717, 1.165) is 27.4 Å². The number of benzene rings is 1. The van der Waals surface area contributed by atoms with E-state index in [4.69, 9.17) is 0 Å². The number of hydrogen-bond acceptors (Lipinski definition) is 5. The van der Waals surface area contributed by atoms with Crippen molar-refractivity contribution in [2.45, 2.75) is 13.5 Å². The zero-order valence-corrected chi connectivity index (χ0v) is 10.7. The van der Waals surface area contributed by atoms with Crippen molar-refractivity contribution >= 4 is 27.4 Å². The Balaban J connectivity index is 1.81. The van der Waals surface area contributed by atoms with E-state index >= 15 is 0 Å². The molecule has 1 aromatic carbocycles. The summed E-state index contributed by atoms with van der Waals surface area (Å²) in [7, 11) is 0. The number of fused-ring (bicyclic) bond motifs is 1. The molecule has 3 aromatic rings. The van der Waals surface area contributed by atoms with Gasteiger partial charge in [-0.1, -0.05) is 12.1 Å². The molecular formula is C13H12N4S. The van der Waals surface area contributed by atoms with Gasteiger partial charge in [-0.2, -0.15) is 4.37 Å². The van der Waals surface area contributed by atoms with Gasteiger partial charge in [0.15, 0.2) is 0 Å². The molecule has 4 nitrogen and oxygen atoms in total. The summed E-state index contributed by atoms with van der Waals surface area (Å²) in [6.45, 7) is 2.58. The summed E-state index contributed by atoms with van der Waals surface area (Å²) < 4.78 is 4.39. The molecule has 0 fully saturated rings. The number of aryl methyl sites for hydroxylation is 1. The number of hydrogen-bond donors (Lipinski definition) is 1. The minimum absolute atomic E-state index is 0.690. The zero-order chi connectivity index (χ0) is 12.4. The highest BCUT2D eigenvalue weighted by Crippen LogP contribution is 2.27. The van der Waals surface area contributed by atoms with Crippen LogP contribution < -0.4 is 5.32 Å². The van der Waals surface area contributed by atoms with Gasteiger partial charge >= 0.3 is 0 Å². The average Bonchev–Trinajstić information content (AvgIpc) is 2.80. The van der Waals surface area contributed by atoms with Crippen molar-refractivity contribution in [1.82, 2.24) is 14.3 Å². The number of rotatable bonds is 3. The van der Waals surface area contributed by atoms with Crippen LogP contribution in [0.3, 0.4) is 0 Å². The maximum atomic E-state index is 4.39. The molecule has 1 N–H and O–H groups in total. The number of nitrogens with one attached hydrogen (secondary N) is 1. The van der Waals surface area contributed by atoms with Crippen molar-refractivity contribution in [3.05, 3.63) is 48.0 Å². The van der Waals surface area contributed by atoms with Crippen LogP contribution in [0, 0.1) is 6.92 Å². The fourth-order valence-corrected chi connectivity index (χ4v) is 2.55. The Labute approximate surface area is 109 Å². The Morgan fingerprint density at radius 3 is 3.00 bits per heavy atom. The molecule has 0 aliphatic rings. The lowest BCUT2D eigenvalue weighted by atomic mass is 10.2. The lowest BCUT2D eigenvalue weighted by Crippen LogP contribution is -2.02. The summed E-state index contributed by atoms with van der Waals surface area (Å²) in [4.78, 5) is 8.45. The summed E-state index contributed by atoms with van der Waals surface area (Å²) >= 11 is 1.48. The van der Waals surface area contributed by atoms with E-state index in [9.17, 15) is 0 Å². The second-order valence-electron chi connectivity index (χ2n) is 3.98. The normalized spacial score (nSPS) is 10.7. The number of aromatic nitrogens is 3. The molecule has 0 amide bonds. The van der Waals surface area contributed by atoms with Crippen molar-refractivity contribution in [3.63, 3.8) is 0 Å². The number of nitrogens with zero attached hydrogens (tertiary/aromatic N) is 3. The lowest BCUT2D eigenvalue weighted by molar-refractivity contribution is 0.958. The van der Waals surface area contributed by atoms with E-state index in [1.165, 1.54) is 11.5 Å². The summed E-state index contributed by atoms with van der Waals surface area (Å²) in [6, 6.07) is 10.0. The fraction of sp³-hybridized carbons (Fsp3) is 0.154. The lowest BCUT2D eigenvalue weighted by Gasteiger charge is -2.03. The Hall–Kier alpha value is -2.01. The van der Waals surface area contributed by atoms with Gasteiger partial charge in [0.05, 0.1) is 17.8 Å². The largest absolute Gasteiger partial charge is 0.369 e. The molecule has 2 aromatic heterocycles. The second kappa shape index (κ2) is 4.70. The maximum Gasteiger partial charge on any atom is 0.125 e. The topological polar surface area (TPSA) is 50.7 Å². The molecule has 5 heteroatoms. The Kier molecular flexibility index (Phi) is 2.90. The maximum absolute atomic E-state index is 4.39. The molecular weight excluding hydrogens is 244 g/mol. The van der Waals surface area contributed by atoms with Crippen molar-refractivity contribution in [1.29, 1.82) is 0 Å². The molecule has 0 saturated heterocycles. The molecule has 0 radical (unpaired) electrons. The third kappa shape index (κ3) is 2.17. The smallest absolute Gasteiger partial charge is 0.125 e. The van der Waals surface area contributed by atoms with Gasteiger partial charge in [0, 0.05) is 11.6 Å². The zero-order valence-electron chi connectivity index (χ0n) is 9.92. The van der Waals surface area contributed by atoms with Crippen LogP contribution >= 0.6 is 11.5 Å². The highest BCUT2D eigenvalue weighted by Gasteiger charge is 2.04. The third-order valence-corrected chi connectivity index (χ3v) is 3.48. The van der Waals surface area contributed by atoms with Crippen LogP contribution in [0.5, 0.6) is 0 Å². The van der Waals surface area contributed by atoms with E-state index < -0.39 is 0 Å². The van der Waals surface area contributed by atoms with Gasteiger partial charge in [-0.25, -0.2) is 9.97 Å². The van der Waals surface area contributed by atoms with Crippen molar-refractivity contribution in [2.24, 2.45) is 0 Å². The van der Waals surface area contributed by atoms with Gasteiger partial charge in [-0.05, 0) is 36.7 Å². The van der Waals surface area contributed by atoms with Gasteiger partial charge in [0.2, 0.25) is 0 Å². The molecule has 0 unspecified atom stereocenters. The summed E-state index contributed by atoms with van der Waals surface area (Å²) in [5.41, 5.74) is 2.02. The van der Waals surface area contributed by atoms with Gasteiger partial charge in [0.1, 0.15) is 10.8 Å². The van der Waals surface area contributed by atoms with E-state index in [2.05, 4.69) is 25.7 Å². The minimum atomic E-state index is 0.690. The van der Waals surface area contributed by atoms with Gasteiger partial charge < -0.3 is 5.32 Å². The van der Waals surface area contributed by atoms with E-state index in [1.807, 2.05) is 31.2 Å². The highest BCUT2D eigenvalue weighted by atomic mass is 32.1. The first-order valence-electron chi connectivity index (χ1n) is 5.70. The molecule has 18 heavy (non-hydrogen) atoms. The van der Waals surface area contributed by atoms with E-state index in [-0.39, 0.29) is 0 Å². The molecule has 0 atom stereocenters.